The van der Waals surface area contributed by atoms with E-state index in [1.807, 2.05) is 68.4 Å². The SMILES string of the molecule is Cc1ccc(CN(C(=O)Nc2ccc(F)cc2)C(C)c2ccccc2)cc1. The van der Waals surface area contributed by atoms with Gasteiger partial charge in [0.15, 0.2) is 0 Å². The van der Waals surface area contributed by atoms with Crippen LogP contribution >= 0.6 is 0 Å². The summed E-state index contributed by atoms with van der Waals surface area (Å²) in [6, 6.07) is 23.5. The lowest BCUT2D eigenvalue weighted by atomic mass is 10.1. The van der Waals surface area contributed by atoms with Crippen LogP contribution in [0.3, 0.4) is 0 Å². The number of nitrogens with zero attached hydrogens (tertiary/aromatic N) is 1. The maximum Gasteiger partial charge on any atom is 0.322 e. The van der Waals surface area contributed by atoms with Crippen molar-refractivity contribution >= 4 is 11.7 Å². The van der Waals surface area contributed by atoms with E-state index >= 15 is 0 Å². The number of carbonyl (C=O) groups excluding carboxylic acids is 1. The van der Waals surface area contributed by atoms with E-state index < -0.39 is 0 Å². The van der Waals surface area contributed by atoms with Gasteiger partial charge in [-0.25, -0.2) is 9.18 Å². The van der Waals surface area contributed by atoms with Gasteiger partial charge in [0.05, 0.1) is 6.04 Å². The molecule has 0 spiro atoms. The van der Waals surface area contributed by atoms with E-state index in [1.165, 1.54) is 17.7 Å². The van der Waals surface area contributed by atoms with Crippen LogP contribution in [0, 0.1) is 12.7 Å². The maximum atomic E-state index is 13.1. The number of hydrogen-bond acceptors (Lipinski definition) is 1. The van der Waals surface area contributed by atoms with Crippen LogP contribution in [-0.2, 0) is 6.54 Å². The highest BCUT2D eigenvalue weighted by molar-refractivity contribution is 5.89. The third kappa shape index (κ3) is 4.94. The van der Waals surface area contributed by atoms with Crippen LogP contribution in [0.15, 0.2) is 78.9 Å². The molecule has 0 radical (unpaired) electrons. The molecule has 3 rings (SSSR count). The molecule has 1 atom stereocenters. The summed E-state index contributed by atoms with van der Waals surface area (Å²) in [5.41, 5.74) is 3.85. The average Bonchev–Trinajstić information content (AvgIpc) is 2.69. The molecule has 0 aromatic heterocycles. The predicted octanol–water partition coefficient (Wildman–Crippen LogP) is 5.93. The number of aryl methyl sites for hydroxylation is 1. The molecule has 3 aromatic rings. The first-order valence-corrected chi connectivity index (χ1v) is 8.96. The fraction of sp³-hybridized carbons (Fsp3) is 0.174. The molecule has 0 aliphatic heterocycles. The Bertz CT molecular complexity index is 877. The second-order valence-corrected chi connectivity index (χ2v) is 6.64. The number of benzene rings is 3. The number of urea groups is 1. The van der Waals surface area contributed by atoms with Gasteiger partial charge < -0.3 is 10.2 Å². The molecule has 0 aliphatic rings. The quantitative estimate of drug-likeness (QED) is 0.599. The summed E-state index contributed by atoms with van der Waals surface area (Å²) in [5.74, 6) is -0.331. The molecule has 3 aromatic carbocycles. The normalized spacial score (nSPS) is 11.7. The summed E-state index contributed by atoms with van der Waals surface area (Å²) in [7, 11) is 0. The molecule has 4 heteroatoms. The number of anilines is 1. The van der Waals surface area contributed by atoms with Gasteiger partial charge in [-0.1, -0.05) is 60.2 Å². The Morgan fingerprint density at radius 2 is 1.59 bits per heavy atom. The van der Waals surface area contributed by atoms with E-state index in [4.69, 9.17) is 0 Å². The Morgan fingerprint density at radius 3 is 2.22 bits per heavy atom. The van der Waals surface area contributed by atoms with Gasteiger partial charge in [0.2, 0.25) is 0 Å². The van der Waals surface area contributed by atoms with Gasteiger partial charge in [0, 0.05) is 12.2 Å². The van der Waals surface area contributed by atoms with Crippen LogP contribution in [0.4, 0.5) is 14.9 Å². The van der Waals surface area contributed by atoms with Gasteiger partial charge in [0.25, 0.3) is 0 Å². The van der Waals surface area contributed by atoms with Gasteiger partial charge in [0.1, 0.15) is 5.82 Å². The number of rotatable bonds is 5. The highest BCUT2D eigenvalue weighted by Gasteiger charge is 2.22. The molecule has 2 amide bonds. The van der Waals surface area contributed by atoms with Crippen molar-refractivity contribution in [3.63, 3.8) is 0 Å². The molecule has 27 heavy (non-hydrogen) atoms. The van der Waals surface area contributed by atoms with Gasteiger partial charge >= 0.3 is 6.03 Å². The Labute approximate surface area is 159 Å². The van der Waals surface area contributed by atoms with Gasteiger partial charge in [-0.2, -0.15) is 0 Å². The molecular weight excluding hydrogens is 339 g/mol. The molecule has 0 saturated heterocycles. The standard InChI is InChI=1S/C23H23FN2O/c1-17-8-10-19(11-9-17)16-26(18(2)20-6-4-3-5-7-20)23(27)25-22-14-12-21(24)13-15-22/h3-15,18H,16H2,1-2H3,(H,25,27). The van der Waals surface area contributed by atoms with Crippen molar-refractivity contribution in [3.8, 4) is 0 Å². The van der Waals surface area contributed by atoms with Gasteiger partial charge in [-0.05, 0) is 49.2 Å². The zero-order valence-electron chi connectivity index (χ0n) is 15.5. The Balaban J connectivity index is 1.84. The molecule has 0 heterocycles. The summed E-state index contributed by atoms with van der Waals surface area (Å²) in [6.45, 7) is 4.52. The fourth-order valence-electron chi connectivity index (χ4n) is 2.91. The van der Waals surface area contributed by atoms with Crippen LogP contribution in [0.25, 0.3) is 0 Å². The van der Waals surface area contributed by atoms with Crippen LogP contribution in [-0.4, -0.2) is 10.9 Å². The molecule has 1 unspecified atom stereocenters. The predicted molar refractivity (Wildman–Crippen MR) is 107 cm³/mol. The van der Waals surface area contributed by atoms with Crippen molar-refractivity contribution in [3.05, 3.63) is 101 Å². The smallest absolute Gasteiger partial charge is 0.313 e. The number of carbonyl (C=O) groups is 1. The highest BCUT2D eigenvalue weighted by atomic mass is 19.1. The molecule has 0 fully saturated rings. The first-order valence-electron chi connectivity index (χ1n) is 8.96. The molecule has 1 N–H and O–H groups in total. The Kier molecular flexibility index (Phi) is 5.87. The topological polar surface area (TPSA) is 32.3 Å². The zero-order chi connectivity index (χ0) is 19.2. The van der Waals surface area contributed by atoms with Crippen molar-refractivity contribution in [1.82, 2.24) is 4.90 Å². The maximum absolute atomic E-state index is 13.1. The summed E-state index contributed by atoms with van der Waals surface area (Å²) < 4.78 is 13.1. The third-order valence-corrected chi connectivity index (χ3v) is 4.58. The first kappa shape index (κ1) is 18.6. The van der Waals surface area contributed by atoms with E-state index in [1.54, 1.807) is 17.0 Å². The van der Waals surface area contributed by atoms with E-state index in [9.17, 15) is 9.18 Å². The van der Waals surface area contributed by atoms with Crippen molar-refractivity contribution in [2.24, 2.45) is 0 Å². The zero-order valence-corrected chi connectivity index (χ0v) is 15.5. The number of hydrogen-bond donors (Lipinski definition) is 1. The molecule has 0 saturated carbocycles. The first-order chi connectivity index (χ1) is 13.0. The minimum Gasteiger partial charge on any atom is -0.313 e. The fourth-order valence-corrected chi connectivity index (χ4v) is 2.91. The molecular formula is C23H23FN2O. The average molecular weight is 362 g/mol. The Morgan fingerprint density at radius 1 is 0.963 bits per heavy atom. The van der Waals surface area contributed by atoms with Crippen LogP contribution in [0.2, 0.25) is 0 Å². The van der Waals surface area contributed by atoms with Crippen LogP contribution in [0.1, 0.15) is 29.7 Å². The monoisotopic (exact) mass is 362 g/mol. The van der Waals surface area contributed by atoms with Crippen molar-refractivity contribution in [2.75, 3.05) is 5.32 Å². The molecule has 138 valence electrons. The minimum atomic E-state index is -0.331. The van der Waals surface area contributed by atoms with E-state index in [0.717, 1.165) is 11.1 Å². The second-order valence-electron chi connectivity index (χ2n) is 6.64. The van der Waals surface area contributed by atoms with E-state index in [-0.39, 0.29) is 17.9 Å². The van der Waals surface area contributed by atoms with Crippen molar-refractivity contribution < 1.29 is 9.18 Å². The third-order valence-electron chi connectivity index (χ3n) is 4.58. The highest BCUT2D eigenvalue weighted by Crippen LogP contribution is 2.24. The van der Waals surface area contributed by atoms with Crippen molar-refractivity contribution in [2.45, 2.75) is 26.4 Å². The Hall–Kier alpha value is -3.14. The lowest BCUT2D eigenvalue weighted by Gasteiger charge is -2.30. The number of amides is 2. The summed E-state index contributed by atoms with van der Waals surface area (Å²) >= 11 is 0. The molecule has 3 nitrogen and oxygen atoms in total. The van der Waals surface area contributed by atoms with Gasteiger partial charge in [-0.15, -0.1) is 0 Å². The lowest BCUT2D eigenvalue weighted by Crippen LogP contribution is -2.36. The van der Waals surface area contributed by atoms with Crippen LogP contribution in [0.5, 0.6) is 0 Å². The minimum absolute atomic E-state index is 0.118. The largest absolute Gasteiger partial charge is 0.322 e. The number of halogens is 1. The lowest BCUT2D eigenvalue weighted by molar-refractivity contribution is 0.189. The molecule has 0 bridgehead atoms. The summed E-state index contributed by atoms with van der Waals surface area (Å²) in [4.78, 5) is 14.8. The molecule has 0 aliphatic carbocycles. The van der Waals surface area contributed by atoms with E-state index in [0.29, 0.717) is 12.2 Å². The van der Waals surface area contributed by atoms with Crippen LogP contribution < -0.4 is 5.32 Å². The van der Waals surface area contributed by atoms with E-state index in [2.05, 4.69) is 5.32 Å². The van der Waals surface area contributed by atoms with Gasteiger partial charge in [-0.3, -0.25) is 0 Å². The summed E-state index contributed by atoms with van der Waals surface area (Å²) in [5, 5.41) is 2.87. The second kappa shape index (κ2) is 8.49. The summed E-state index contributed by atoms with van der Waals surface area (Å²) in [6.07, 6.45) is 0. The van der Waals surface area contributed by atoms with Crippen molar-refractivity contribution in [1.29, 1.82) is 0 Å². The number of nitrogens with one attached hydrogen (secondary N) is 1.